The van der Waals surface area contributed by atoms with Crippen LogP contribution in [0, 0.1) is 6.92 Å². The van der Waals surface area contributed by atoms with Gasteiger partial charge in [0.05, 0.1) is 17.9 Å². The van der Waals surface area contributed by atoms with E-state index in [0.717, 1.165) is 50.4 Å². The van der Waals surface area contributed by atoms with E-state index in [0.29, 0.717) is 18.8 Å². The summed E-state index contributed by atoms with van der Waals surface area (Å²) in [6, 6.07) is 5.44. The molecule has 0 saturated carbocycles. The summed E-state index contributed by atoms with van der Waals surface area (Å²) in [5.74, 6) is 0.0207. The van der Waals surface area contributed by atoms with E-state index in [1.165, 1.54) is 0 Å². The minimum absolute atomic E-state index is 0.0207. The van der Waals surface area contributed by atoms with Gasteiger partial charge in [-0.3, -0.25) is 9.59 Å². The highest BCUT2D eigenvalue weighted by atomic mass is 16.2. The Bertz CT molecular complexity index is 941. The van der Waals surface area contributed by atoms with E-state index < -0.39 is 0 Å². The predicted octanol–water partition coefficient (Wildman–Crippen LogP) is 1.12. The molecule has 0 aliphatic carbocycles. The number of piperidine rings is 1. The molecule has 0 bridgehead atoms. The molecule has 156 valence electrons. The number of aryl methyl sites for hydroxylation is 1. The Labute approximate surface area is 171 Å². The molecule has 2 aromatic heterocycles. The number of anilines is 1. The summed E-state index contributed by atoms with van der Waals surface area (Å²) in [6.07, 6.45) is 3.53. The quantitative estimate of drug-likeness (QED) is 0.775. The van der Waals surface area contributed by atoms with E-state index in [-0.39, 0.29) is 17.5 Å². The van der Waals surface area contributed by atoms with Crippen molar-refractivity contribution in [2.75, 3.05) is 51.2 Å². The summed E-state index contributed by atoms with van der Waals surface area (Å²) in [7, 11) is 4.02. The zero-order valence-corrected chi connectivity index (χ0v) is 17.5. The van der Waals surface area contributed by atoms with Gasteiger partial charge in [-0.15, -0.1) is 0 Å². The number of likely N-dealkylation sites (N-methyl/N-ethyl adjacent to an activating group) is 1. The second-order valence-electron chi connectivity index (χ2n) is 8.25. The van der Waals surface area contributed by atoms with E-state index >= 15 is 0 Å². The van der Waals surface area contributed by atoms with E-state index in [1.807, 2.05) is 35.6 Å². The molecule has 29 heavy (non-hydrogen) atoms. The number of carbonyl (C=O) groups excluding carboxylic acids is 1. The van der Waals surface area contributed by atoms with Crippen molar-refractivity contribution in [3.8, 4) is 0 Å². The van der Waals surface area contributed by atoms with E-state index in [4.69, 9.17) is 0 Å². The second kappa shape index (κ2) is 8.02. The Balaban J connectivity index is 1.49. The molecule has 2 aromatic rings. The number of hydrogen-bond donors (Lipinski definition) is 0. The van der Waals surface area contributed by atoms with Gasteiger partial charge in [0.25, 0.3) is 11.5 Å². The van der Waals surface area contributed by atoms with Crippen LogP contribution in [0.2, 0.25) is 0 Å². The van der Waals surface area contributed by atoms with Crippen LogP contribution in [0.1, 0.15) is 35.1 Å². The topological polar surface area (TPSA) is 66.6 Å². The highest BCUT2D eigenvalue weighted by molar-refractivity contribution is 5.93. The minimum Gasteiger partial charge on any atom is -0.368 e. The zero-order chi connectivity index (χ0) is 20.5. The molecule has 2 aliphatic heterocycles. The molecule has 0 unspecified atom stereocenters. The van der Waals surface area contributed by atoms with Gasteiger partial charge in [-0.05, 0) is 38.9 Å². The molecule has 8 nitrogen and oxygen atoms in total. The van der Waals surface area contributed by atoms with Crippen LogP contribution in [0.3, 0.4) is 0 Å². The number of hydrogen-bond acceptors (Lipinski definition) is 5. The highest BCUT2D eigenvalue weighted by Gasteiger charge is 2.28. The Morgan fingerprint density at radius 3 is 2.52 bits per heavy atom. The van der Waals surface area contributed by atoms with Gasteiger partial charge in [-0.2, -0.15) is 5.10 Å². The van der Waals surface area contributed by atoms with Crippen molar-refractivity contribution in [2.45, 2.75) is 25.8 Å². The standard InChI is InChI=1S/C21H30N6O2/c1-16-6-7-19(24(16)3)21(29)26-8-4-5-17(15-26)27-20(28)13-18(14-22-27)25-11-9-23(2)10-12-25/h6-7,13-14,17H,4-5,8-12,15H2,1-3H3/t17-/m1/s1. The first-order valence-electron chi connectivity index (χ1n) is 10.4. The normalized spacial score (nSPS) is 20.9. The van der Waals surface area contributed by atoms with Gasteiger partial charge in [0, 0.05) is 58.1 Å². The fourth-order valence-electron chi connectivity index (χ4n) is 4.25. The molecule has 4 heterocycles. The number of rotatable bonds is 3. The van der Waals surface area contributed by atoms with Gasteiger partial charge in [0.1, 0.15) is 5.69 Å². The van der Waals surface area contributed by atoms with Crippen LogP contribution in [0.25, 0.3) is 0 Å². The van der Waals surface area contributed by atoms with Gasteiger partial charge < -0.3 is 19.3 Å². The van der Waals surface area contributed by atoms with Gasteiger partial charge >= 0.3 is 0 Å². The fourth-order valence-corrected chi connectivity index (χ4v) is 4.25. The molecule has 0 radical (unpaired) electrons. The molecular formula is C21H30N6O2. The smallest absolute Gasteiger partial charge is 0.270 e. The van der Waals surface area contributed by atoms with Crippen LogP contribution in [0.15, 0.2) is 29.2 Å². The van der Waals surface area contributed by atoms with Crippen molar-refractivity contribution in [3.63, 3.8) is 0 Å². The number of carbonyl (C=O) groups is 1. The number of nitrogens with zero attached hydrogens (tertiary/aromatic N) is 6. The van der Waals surface area contributed by atoms with Crippen LogP contribution < -0.4 is 10.5 Å². The molecule has 0 N–H and O–H groups in total. The van der Waals surface area contributed by atoms with E-state index in [1.54, 1.807) is 16.9 Å². The van der Waals surface area contributed by atoms with Gasteiger partial charge in [-0.25, -0.2) is 4.68 Å². The maximum atomic E-state index is 13.0. The first-order chi connectivity index (χ1) is 13.9. The third kappa shape index (κ3) is 3.94. The van der Waals surface area contributed by atoms with Crippen molar-refractivity contribution in [2.24, 2.45) is 7.05 Å². The first kappa shape index (κ1) is 19.7. The van der Waals surface area contributed by atoms with Crippen LogP contribution in [0.4, 0.5) is 5.69 Å². The number of aromatic nitrogens is 3. The van der Waals surface area contributed by atoms with Crippen molar-refractivity contribution in [1.82, 2.24) is 24.1 Å². The van der Waals surface area contributed by atoms with Crippen molar-refractivity contribution in [1.29, 1.82) is 0 Å². The lowest BCUT2D eigenvalue weighted by atomic mass is 10.1. The molecule has 8 heteroatoms. The molecule has 2 fully saturated rings. The first-order valence-corrected chi connectivity index (χ1v) is 10.4. The predicted molar refractivity (Wildman–Crippen MR) is 113 cm³/mol. The maximum absolute atomic E-state index is 13.0. The molecule has 0 aromatic carbocycles. The average Bonchev–Trinajstić information content (AvgIpc) is 3.06. The zero-order valence-electron chi connectivity index (χ0n) is 17.5. The van der Waals surface area contributed by atoms with Gasteiger partial charge in [0.15, 0.2) is 0 Å². The van der Waals surface area contributed by atoms with E-state index in [2.05, 4.69) is 21.9 Å². The summed E-state index contributed by atoms with van der Waals surface area (Å²) in [6.45, 7) is 7.01. The average molecular weight is 399 g/mol. The molecule has 2 aliphatic rings. The third-order valence-corrected chi connectivity index (χ3v) is 6.30. The number of amides is 1. The van der Waals surface area contributed by atoms with Crippen molar-refractivity contribution >= 4 is 11.6 Å². The summed E-state index contributed by atoms with van der Waals surface area (Å²) in [5, 5.41) is 4.49. The number of likely N-dealkylation sites (tertiary alicyclic amines) is 1. The maximum Gasteiger partial charge on any atom is 0.270 e. The Hall–Kier alpha value is -2.61. The van der Waals surface area contributed by atoms with Crippen LogP contribution >= 0.6 is 0 Å². The van der Waals surface area contributed by atoms with Crippen LogP contribution in [-0.4, -0.2) is 76.4 Å². The number of piperazine rings is 1. The highest BCUT2D eigenvalue weighted by Crippen LogP contribution is 2.22. The molecule has 1 atom stereocenters. The van der Waals surface area contributed by atoms with Crippen molar-refractivity contribution in [3.05, 3.63) is 46.1 Å². The second-order valence-corrected chi connectivity index (χ2v) is 8.25. The van der Waals surface area contributed by atoms with Crippen molar-refractivity contribution < 1.29 is 4.79 Å². The SMILES string of the molecule is Cc1ccc(C(=O)N2CCC[C@@H](n3ncc(N4CCN(C)CC4)cc3=O)C2)n1C. The Morgan fingerprint density at radius 2 is 1.86 bits per heavy atom. The molecule has 0 spiro atoms. The van der Waals surface area contributed by atoms with Gasteiger partial charge in [0.2, 0.25) is 0 Å². The largest absolute Gasteiger partial charge is 0.368 e. The lowest BCUT2D eigenvalue weighted by molar-refractivity contribution is 0.0660. The summed E-state index contributed by atoms with van der Waals surface area (Å²) >= 11 is 0. The lowest BCUT2D eigenvalue weighted by Gasteiger charge is -2.35. The molecule has 1 amide bonds. The van der Waals surface area contributed by atoms with Crippen LogP contribution in [-0.2, 0) is 7.05 Å². The summed E-state index contributed by atoms with van der Waals surface area (Å²) in [5.41, 5.74) is 2.55. The minimum atomic E-state index is -0.0876. The fraction of sp³-hybridized carbons (Fsp3) is 0.571. The summed E-state index contributed by atoms with van der Waals surface area (Å²) in [4.78, 5) is 32.1. The molecule has 2 saturated heterocycles. The molecule has 4 rings (SSSR count). The van der Waals surface area contributed by atoms with E-state index in [9.17, 15) is 9.59 Å². The summed E-state index contributed by atoms with van der Waals surface area (Å²) < 4.78 is 3.48. The van der Waals surface area contributed by atoms with Gasteiger partial charge in [-0.1, -0.05) is 0 Å². The lowest BCUT2D eigenvalue weighted by Crippen LogP contribution is -2.46. The molecular weight excluding hydrogens is 368 g/mol. The third-order valence-electron chi connectivity index (χ3n) is 6.30. The Morgan fingerprint density at radius 1 is 1.10 bits per heavy atom. The van der Waals surface area contributed by atoms with Crippen LogP contribution in [0.5, 0.6) is 0 Å². The monoisotopic (exact) mass is 398 g/mol. The Kier molecular flexibility index (Phi) is 5.45.